The lowest BCUT2D eigenvalue weighted by Crippen LogP contribution is -2.28. The third-order valence-corrected chi connectivity index (χ3v) is 3.61. The highest BCUT2D eigenvalue weighted by molar-refractivity contribution is 5.91. The number of nitrogens with one attached hydrogen (secondary N) is 1. The van der Waals surface area contributed by atoms with Crippen LogP contribution in [0.1, 0.15) is 30.5 Å². The van der Waals surface area contributed by atoms with Crippen molar-refractivity contribution in [3.8, 4) is 0 Å². The molecule has 1 heterocycles. The van der Waals surface area contributed by atoms with Crippen molar-refractivity contribution in [3.05, 3.63) is 41.0 Å². The number of benzene rings is 1. The largest absolute Gasteiger partial charge is 0.340 e. The maximum atomic E-state index is 11.9. The zero-order valence-corrected chi connectivity index (χ0v) is 13.0. The van der Waals surface area contributed by atoms with Crippen LogP contribution in [-0.4, -0.2) is 30.4 Å². The molecule has 1 aliphatic rings. The Hall–Kier alpha value is -1.32. The third-order valence-electron chi connectivity index (χ3n) is 3.61. The van der Waals surface area contributed by atoms with E-state index in [1.165, 1.54) is 11.1 Å². The minimum absolute atomic E-state index is 0. The fraction of sp³-hybridized carbons (Fsp3) is 0.438. The molecule has 0 spiro atoms. The molecule has 0 aliphatic carbocycles. The molecule has 3 nitrogen and oxygen atoms in total. The second kappa shape index (κ2) is 8.08. The van der Waals surface area contributed by atoms with Gasteiger partial charge in [-0.25, -0.2) is 0 Å². The molecule has 1 aromatic rings. The summed E-state index contributed by atoms with van der Waals surface area (Å²) in [5, 5.41) is 3.37. The Balaban J connectivity index is 0.00000200. The molecular weight excluding hydrogens is 272 g/mol. The maximum Gasteiger partial charge on any atom is 0.246 e. The van der Waals surface area contributed by atoms with Gasteiger partial charge in [0.25, 0.3) is 0 Å². The normalized spacial score (nSPS) is 13.7. The van der Waals surface area contributed by atoms with Crippen LogP contribution in [0.4, 0.5) is 0 Å². The highest BCUT2D eigenvalue weighted by atomic mass is 35.5. The van der Waals surface area contributed by atoms with Crippen LogP contribution in [0.2, 0.25) is 0 Å². The number of fused-ring (bicyclic) bond motifs is 1. The summed E-state index contributed by atoms with van der Waals surface area (Å²) in [7, 11) is 0. The molecular formula is C16H23ClN2O. The molecule has 20 heavy (non-hydrogen) atoms. The van der Waals surface area contributed by atoms with Gasteiger partial charge in [0.1, 0.15) is 0 Å². The summed E-state index contributed by atoms with van der Waals surface area (Å²) in [4.78, 5) is 13.7. The van der Waals surface area contributed by atoms with E-state index in [1.54, 1.807) is 6.08 Å². The Morgan fingerprint density at radius 2 is 2.05 bits per heavy atom. The molecule has 0 unspecified atom stereocenters. The van der Waals surface area contributed by atoms with E-state index in [1.807, 2.05) is 24.8 Å². The highest BCUT2D eigenvalue weighted by Crippen LogP contribution is 2.16. The van der Waals surface area contributed by atoms with Crippen LogP contribution in [0, 0.1) is 0 Å². The monoisotopic (exact) mass is 294 g/mol. The zero-order chi connectivity index (χ0) is 13.7. The van der Waals surface area contributed by atoms with E-state index in [0.29, 0.717) is 0 Å². The van der Waals surface area contributed by atoms with Crippen molar-refractivity contribution in [1.82, 2.24) is 10.2 Å². The van der Waals surface area contributed by atoms with Gasteiger partial charge in [-0.2, -0.15) is 0 Å². The molecule has 2 rings (SSSR count). The molecule has 1 amide bonds. The van der Waals surface area contributed by atoms with Gasteiger partial charge >= 0.3 is 0 Å². The van der Waals surface area contributed by atoms with Gasteiger partial charge in [-0.05, 0) is 49.6 Å². The minimum atomic E-state index is 0. The van der Waals surface area contributed by atoms with Crippen LogP contribution in [0.25, 0.3) is 6.08 Å². The number of rotatable bonds is 4. The summed E-state index contributed by atoms with van der Waals surface area (Å²) in [6.45, 7) is 7.50. The van der Waals surface area contributed by atoms with Gasteiger partial charge in [-0.1, -0.05) is 18.2 Å². The Morgan fingerprint density at radius 1 is 1.30 bits per heavy atom. The second-order valence-corrected chi connectivity index (χ2v) is 4.80. The summed E-state index contributed by atoms with van der Waals surface area (Å²) in [5.41, 5.74) is 3.87. The number of amides is 1. The van der Waals surface area contributed by atoms with Crippen LogP contribution in [0.5, 0.6) is 0 Å². The first-order valence-corrected chi connectivity index (χ1v) is 7.04. The number of nitrogens with zero attached hydrogens (tertiary/aromatic N) is 1. The summed E-state index contributed by atoms with van der Waals surface area (Å²) in [5.74, 6) is 0.0841. The molecule has 0 radical (unpaired) electrons. The number of carbonyl (C=O) groups is 1. The first kappa shape index (κ1) is 16.7. The van der Waals surface area contributed by atoms with Crippen molar-refractivity contribution in [1.29, 1.82) is 0 Å². The molecule has 4 heteroatoms. The Kier molecular flexibility index (Phi) is 6.76. The lowest BCUT2D eigenvalue weighted by atomic mass is 9.98. The molecule has 0 atom stereocenters. The van der Waals surface area contributed by atoms with E-state index < -0.39 is 0 Å². The van der Waals surface area contributed by atoms with Crippen molar-refractivity contribution >= 4 is 24.4 Å². The van der Waals surface area contributed by atoms with E-state index in [9.17, 15) is 4.79 Å². The molecule has 1 aliphatic heterocycles. The van der Waals surface area contributed by atoms with Crippen molar-refractivity contribution in [2.45, 2.75) is 26.8 Å². The van der Waals surface area contributed by atoms with Crippen LogP contribution < -0.4 is 5.32 Å². The number of hydrogen-bond acceptors (Lipinski definition) is 2. The molecule has 0 fully saturated rings. The Morgan fingerprint density at radius 3 is 2.75 bits per heavy atom. The third kappa shape index (κ3) is 4.09. The molecule has 0 saturated carbocycles. The molecule has 0 bridgehead atoms. The van der Waals surface area contributed by atoms with Crippen molar-refractivity contribution in [3.63, 3.8) is 0 Å². The molecule has 0 aromatic heterocycles. The van der Waals surface area contributed by atoms with E-state index in [-0.39, 0.29) is 18.3 Å². The minimum Gasteiger partial charge on any atom is -0.340 e. The van der Waals surface area contributed by atoms with E-state index in [0.717, 1.165) is 38.2 Å². The first-order valence-electron chi connectivity index (χ1n) is 7.04. The van der Waals surface area contributed by atoms with Crippen LogP contribution in [0.3, 0.4) is 0 Å². The van der Waals surface area contributed by atoms with Crippen LogP contribution in [-0.2, 0) is 17.8 Å². The average Bonchev–Trinajstić information content (AvgIpc) is 2.46. The van der Waals surface area contributed by atoms with Crippen LogP contribution >= 0.6 is 12.4 Å². The lowest BCUT2D eigenvalue weighted by Gasteiger charge is -2.17. The van der Waals surface area contributed by atoms with Gasteiger partial charge in [-0.15, -0.1) is 12.4 Å². The van der Waals surface area contributed by atoms with Gasteiger partial charge in [-0.3, -0.25) is 4.79 Å². The number of hydrogen-bond donors (Lipinski definition) is 1. The smallest absolute Gasteiger partial charge is 0.246 e. The Labute approximate surface area is 127 Å². The summed E-state index contributed by atoms with van der Waals surface area (Å²) >= 11 is 0. The quantitative estimate of drug-likeness (QED) is 0.866. The van der Waals surface area contributed by atoms with Crippen molar-refractivity contribution in [2.75, 3.05) is 19.6 Å². The van der Waals surface area contributed by atoms with Crippen LogP contribution in [0.15, 0.2) is 24.3 Å². The predicted molar refractivity (Wildman–Crippen MR) is 86.1 cm³/mol. The summed E-state index contributed by atoms with van der Waals surface area (Å²) in [6.07, 6.45) is 4.68. The standard InChI is InChI=1S/C16H22N2O.ClH/c1-3-18(4-2)16(19)8-6-13-5-7-14-9-10-17-12-15(14)11-13;/h5-8,11,17H,3-4,9-10,12H2,1-2H3;1H. The fourth-order valence-corrected chi connectivity index (χ4v) is 2.41. The summed E-state index contributed by atoms with van der Waals surface area (Å²) < 4.78 is 0. The number of carbonyl (C=O) groups excluding carboxylic acids is 1. The van der Waals surface area contributed by atoms with E-state index >= 15 is 0 Å². The lowest BCUT2D eigenvalue weighted by molar-refractivity contribution is -0.125. The number of halogens is 1. The van der Waals surface area contributed by atoms with Gasteiger partial charge < -0.3 is 10.2 Å². The molecule has 0 saturated heterocycles. The van der Waals surface area contributed by atoms with Gasteiger partial charge in [0.2, 0.25) is 5.91 Å². The van der Waals surface area contributed by atoms with E-state index in [4.69, 9.17) is 0 Å². The highest BCUT2D eigenvalue weighted by Gasteiger charge is 2.08. The van der Waals surface area contributed by atoms with Crippen molar-refractivity contribution in [2.24, 2.45) is 0 Å². The molecule has 1 N–H and O–H groups in total. The maximum absolute atomic E-state index is 11.9. The fourth-order valence-electron chi connectivity index (χ4n) is 2.41. The second-order valence-electron chi connectivity index (χ2n) is 4.80. The first-order chi connectivity index (χ1) is 9.24. The van der Waals surface area contributed by atoms with Gasteiger partial charge in [0.05, 0.1) is 0 Å². The predicted octanol–water partition coefficient (Wildman–Crippen LogP) is 2.64. The Bertz CT molecular complexity index is 481. The van der Waals surface area contributed by atoms with Crippen molar-refractivity contribution < 1.29 is 4.79 Å². The van der Waals surface area contributed by atoms with E-state index in [2.05, 4.69) is 23.5 Å². The van der Waals surface area contributed by atoms with Gasteiger partial charge in [0.15, 0.2) is 0 Å². The number of likely N-dealkylation sites (N-methyl/N-ethyl adjacent to an activating group) is 1. The topological polar surface area (TPSA) is 32.3 Å². The molecule has 110 valence electrons. The SMILES string of the molecule is CCN(CC)C(=O)C=Cc1ccc2c(c1)CNCC2.Cl. The summed E-state index contributed by atoms with van der Waals surface area (Å²) in [6, 6.07) is 6.45. The zero-order valence-electron chi connectivity index (χ0n) is 12.2. The van der Waals surface area contributed by atoms with Gasteiger partial charge in [0, 0.05) is 25.7 Å². The molecule has 1 aromatic carbocycles. The average molecular weight is 295 g/mol.